The van der Waals surface area contributed by atoms with Gasteiger partial charge in [0.25, 0.3) is 0 Å². The van der Waals surface area contributed by atoms with Gasteiger partial charge in [-0.1, -0.05) is 30.3 Å². The summed E-state index contributed by atoms with van der Waals surface area (Å²) in [6.45, 7) is 2.73. The van der Waals surface area contributed by atoms with Crippen LogP contribution in [0.1, 0.15) is 18.4 Å². The standard InChI is InChI=1S/C24H28N4O2/c1-27-16-18(15-25-27)17-28-12-10-19(11-13-28)24(29)26-23-9-4-3-8-22(23)20-6-5-7-21(14-20)30-2/h3-9,14-16,19H,10-13,17H2,1-2H3,(H,26,29). The van der Waals surface area contributed by atoms with E-state index in [1.807, 2.05) is 72.7 Å². The molecule has 2 heterocycles. The maximum atomic E-state index is 13.0. The summed E-state index contributed by atoms with van der Waals surface area (Å²) < 4.78 is 7.18. The first kappa shape index (κ1) is 20.2. The highest BCUT2D eigenvalue weighted by Gasteiger charge is 2.25. The average molecular weight is 405 g/mol. The van der Waals surface area contributed by atoms with Gasteiger partial charge in [0.05, 0.1) is 13.3 Å². The monoisotopic (exact) mass is 404 g/mol. The van der Waals surface area contributed by atoms with Gasteiger partial charge in [-0.25, -0.2) is 0 Å². The van der Waals surface area contributed by atoms with Crippen LogP contribution in [0.3, 0.4) is 0 Å². The van der Waals surface area contributed by atoms with Gasteiger partial charge in [0.15, 0.2) is 0 Å². The van der Waals surface area contributed by atoms with E-state index in [1.54, 1.807) is 7.11 Å². The number of rotatable bonds is 6. The minimum absolute atomic E-state index is 0.0357. The molecule has 0 spiro atoms. The Morgan fingerprint density at radius 2 is 1.97 bits per heavy atom. The summed E-state index contributed by atoms with van der Waals surface area (Å²) in [5.74, 6) is 0.939. The molecule has 1 aromatic heterocycles. The SMILES string of the molecule is COc1cccc(-c2ccccc2NC(=O)C2CCN(Cc3cnn(C)c3)CC2)c1. The lowest BCUT2D eigenvalue weighted by Gasteiger charge is -2.31. The smallest absolute Gasteiger partial charge is 0.227 e. The normalized spacial score (nSPS) is 15.1. The highest BCUT2D eigenvalue weighted by Crippen LogP contribution is 2.31. The Hall–Kier alpha value is -3.12. The number of carbonyl (C=O) groups is 1. The summed E-state index contributed by atoms with van der Waals surface area (Å²) in [5.41, 5.74) is 4.08. The first-order chi connectivity index (χ1) is 14.6. The fourth-order valence-electron chi connectivity index (χ4n) is 4.03. The first-order valence-electron chi connectivity index (χ1n) is 10.4. The molecule has 0 saturated carbocycles. The predicted molar refractivity (Wildman–Crippen MR) is 118 cm³/mol. The van der Waals surface area contributed by atoms with Crippen LogP contribution in [0.4, 0.5) is 5.69 Å². The Morgan fingerprint density at radius 1 is 1.17 bits per heavy atom. The van der Waals surface area contributed by atoms with Crippen molar-refractivity contribution in [2.75, 3.05) is 25.5 Å². The van der Waals surface area contributed by atoms with E-state index >= 15 is 0 Å². The van der Waals surface area contributed by atoms with Crippen LogP contribution in [-0.4, -0.2) is 40.8 Å². The van der Waals surface area contributed by atoms with E-state index in [0.717, 1.165) is 55.0 Å². The van der Waals surface area contributed by atoms with Crippen molar-refractivity contribution in [2.45, 2.75) is 19.4 Å². The number of anilines is 1. The number of methoxy groups -OCH3 is 1. The Labute approximate surface area is 177 Å². The number of hydrogen-bond donors (Lipinski definition) is 1. The van der Waals surface area contributed by atoms with Crippen LogP contribution < -0.4 is 10.1 Å². The Kier molecular flexibility index (Phi) is 6.14. The minimum Gasteiger partial charge on any atom is -0.497 e. The van der Waals surface area contributed by atoms with Crippen molar-refractivity contribution in [1.29, 1.82) is 0 Å². The zero-order valence-corrected chi connectivity index (χ0v) is 17.5. The van der Waals surface area contributed by atoms with E-state index in [-0.39, 0.29) is 11.8 Å². The maximum absolute atomic E-state index is 13.0. The first-order valence-corrected chi connectivity index (χ1v) is 10.4. The van der Waals surface area contributed by atoms with Gasteiger partial charge in [-0.05, 0) is 49.7 Å². The number of hydrogen-bond acceptors (Lipinski definition) is 4. The molecule has 1 aliphatic heterocycles. The molecule has 6 nitrogen and oxygen atoms in total. The number of nitrogens with zero attached hydrogens (tertiary/aromatic N) is 3. The van der Waals surface area contributed by atoms with Crippen LogP contribution in [0, 0.1) is 5.92 Å². The molecule has 4 rings (SSSR count). The molecule has 0 unspecified atom stereocenters. The minimum atomic E-state index is 0.0357. The van der Waals surface area contributed by atoms with Gasteiger partial charge in [0, 0.05) is 42.5 Å². The van der Waals surface area contributed by atoms with Crippen LogP contribution in [0.2, 0.25) is 0 Å². The zero-order valence-electron chi connectivity index (χ0n) is 17.5. The number of benzene rings is 2. The summed E-state index contributed by atoms with van der Waals surface area (Å²) in [7, 11) is 3.59. The molecule has 6 heteroatoms. The molecule has 1 aliphatic rings. The molecule has 156 valence electrons. The lowest BCUT2D eigenvalue weighted by molar-refractivity contribution is -0.121. The summed E-state index contributed by atoms with van der Waals surface area (Å²) in [6, 6.07) is 15.8. The number of amides is 1. The second-order valence-corrected chi connectivity index (χ2v) is 7.84. The van der Waals surface area contributed by atoms with E-state index in [9.17, 15) is 4.79 Å². The lowest BCUT2D eigenvalue weighted by Crippen LogP contribution is -2.37. The number of carbonyl (C=O) groups excluding carboxylic acids is 1. The summed E-state index contributed by atoms with van der Waals surface area (Å²) >= 11 is 0. The maximum Gasteiger partial charge on any atom is 0.227 e. The number of aromatic nitrogens is 2. The summed E-state index contributed by atoms with van der Waals surface area (Å²) in [5, 5.41) is 7.41. The van der Waals surface area contributed by atoms with Crippen LogP contribution in [0.5, 0.6) is 5.75 Å². The molecule has 3 aromatic rings. The molecule has 2 aromatic carbocycles. The van der Waals surface area contributed by atoms with Crippen molar-refractivity contribution < 1.29 is 9.53 Å². The van der Waals surface area contributed by atoms with Gasteiger partial charge >= 0.3 is 0 Å². The van der Waals surface area contributed by atoms with Crippen LogP contribution in [0.25, 0.3) is 11.1 Å². The Morgan fingerprint density at radius 3 is 2.70 bits per heavy atom. The largest absolute Gasteiger partial charge is 0.497 e. The van der Waals surface area contributed by atoms with Gasteiger partial charge in [0.1, 0.15) is 5.75 Å². The Balaban J connectivity index is 1.39. The number of nitrogens with one attached hydrogen (secondary N) is 1. The fraction of sp³-hybridized carbons (Fsp3) is 0.333. The van der Waals surface area contributed by atoms with Crippen molar-refractivity contribution >= 4 is 11.6 Å². The van der Waals surface area contributed by atoms with E-state index in [4.69, 9.17) is 4.74 Å². The van der Waals surface area contributed by atoms with E-state index in [2.05, 4.69) is 15.3 Å². The fourth-order valence-corrected chi connectivity index (χ4v) is 4.03. The van der Waals surface area contributed by atoms with Crippen molar-refractivity contribution in [3.05, 3.63) is 66.5 Å². The number of ether oxygens (including phenoxy) is 1. The second kappa shape index (κ2) is 9.13. The van der Waals surface area contributed by atoms with Crippen LogP contribution >= 0.6 is 0 Å². The summed E-state index contributed by atoms with van der Waals surface area (Å²) in [4.78, 5) is 15.4. The van der Waals surface area contributed by atoms with Crippen LogP contribution in [0.15, 0.2) is 60.9 Å². The van der Waals surface area contributed by atoms with Gasteiger partial charge in [0.2, 0.25) is 5.91 Å². The molecule has 0 aliphatic carbocycles. The lowest BCUT2D eigenvalue weighted by atomic mass is 9.95. The molecule has 1 saturated heterocycles. The molecule has 0 radical (unpaired) electrons. The quantitative estimate of drug-likeness (QED) is 0.676. The second-order valence-electron chi connectivity index (χ2n) is 7.84. The van der Waals surface area contributed by atoms with Crippen LogP contribution in [-0.2, 0) is 18.4 Å². The number of aryl methyl sites for hydroxylation is 1. The third-order valence-corrected chi connectivity index (χ3v) is 5.69. The average Bonchev–Trinajstić information content (AvgIpc) is 3.19. The van der Waals surface area contributed by atoms with Gasteiger partial charge in [-0.3, -0.25) is 14.4 Å². The van der Waals surface area contributed by atoms with Crippen molar-refractivity contribution in [3.63, 3.8) is 0 Å². The molecule has 0 atom stereocenters. The Bertz CT molecular complexity index is 1010. The molecular formula is C24H28N4O2. The molecule has 1 N–H and O–H groups in total. The predicted octanol–water partition coefficient (Wildman–Crippen LogP) is 3.95. The molecular weight excluding hydrogens is 376 g/mol. The number of piperidine rings is 1. The highest BCUT2D eigenvalue weighted by atomic mass is 16.5. The zero-order chi connectivity index (χ0) is 20.9. The van der Waals surface area contributed by atoms with E-state index in [0.29, 0.717) is 0 Å². The summed E-state index contributed by atoms with van der Waals surface area (Å²) in [6.07, 6.45) is 5.70. The van der Waals surface area contributed by atoms with Crippen molar-refractivity contribution in [1.82, 2.24) is 14.7 Å². The van der Waals surface area contributed by atoms with E-state index < -0.39 is 0 Å². The third-order valence-electron chi connectivity index (χ3n) is 5.69. The van der Waals surface area contributed by atoms with Gasteiger partial charge < -0.3 is 10.1 Å². The number of likely N-dealkylation sites (tertiary alicyclic amines) is 1. The van der Waals surface area contributed by atoms with Crippen molar-refractivity contribution in [2.24, 2.45) is 13.0 Å². The molecule has 1 fully saturated rings. The molecule has 30 heavy (non-hydrogen) atoms. The molecule has 1 amide bonds. The topological polar surface area (TPSA) is 59.4 Å². The van der Waals surface area contributed by atoms with E-state index in [1.165, 1.54) is 5.56 Å². The highest BCUT2D eigenvalue weighted by molar-refractivity contribution is 5.96. The van der Waals surface area contributed by atoms with Crippen molar-refractivity contribution in [3.8, 4) is 16.9 Å². The van der Waals surface area contributed by atoms with Gasteiger partial charge in [-0.2, -0.15) is 5.10 Å². The third kappa shape index (κ3) is 4.71. The number of para-hydroxylation sites is 1. The molecule has 0 bridgehead atoms. The van der Waals surface area contributed by atoms with Gasteiger partial charge in [-0.15, -0.1) is 0 Å².